The Balaban J connectivity index is 2.35. The van der Waals surface area contributed by atoms with E-state index in [0.717, 1.165) is 34.1 Å². The zero-order valence-corrected chi connectivity index (χ0v) is 11.0. The number of fused-ring (bicyclic) bond motifs is 1. The monoisotopic (exact) mass is 294 g/mol. The Hall–Kier alpha value is -1.16. The lowest BCUT2D eigenvalue weighted by Gasteiger charge is -2.10. The molecule has 0 aliphatic heterocycles. The molecule has 1 fully saturated rings. The fourth-order valence-electron chi connectivity index (χ4n) is 2.07. The number of hydrogen-bond donors (Lipinski definition) is 1. The van der Waals surface area contributed by atoms with E-state index in [1.165, 1.54) is 6.07 Å². The second-order valence-corrected chi connectivity index (χ2v) is 5.23. The number of pyridine rings is 1. The Kier molecular flexibility index (Phi) is 2.54. The molecule has 1 heterocycles. The fourth-order valence-corrected chi connectivity index (χ4v) is 2.61. The van der Waals surface area contributed by atoms with Crippen molar-refractivity contribution in [1.82, 2.24) is 4.98 Å². The van der Waals surface area contributed by atoms with Gasteiger partial charge in [0.05, 0.1) is 0 Å². The molecule has 0 atom stereocenters. The molecule has 2 nitrogen and oxygen atoms in total. The van der Waals surface area contributed by atoms with Crippen molar-refractivity contribution in [3.8, 4) is 0 Å². The van der Waals surface area contributed by atoms with Gasteiger partial charge in [-0.15, -0.1) is 0 Å². The quantitative estimate of drug-likeness (QED) is 0.904. The van der Waals surface area contributed by atoms with Crippen molar-refractivity contribution < 1.29 is 4.39 Å². The first kappa shape index (κ1) is 11.0. The summed E-state index contributed by atoms with van der Waals surface area (Å²) in [7, 11) is 1.85. The highest BCUT2D eigenvalue weighted by atomic mass is 79.9. The van der Waals surface area contributed by atoms with Crippen molar-refractivity contribution in [2.24, 2.45) is 0 Å². The molecule has 1 saturated carbocycles. The average Bonchev–Trinajstić information content (AvgIpc) is 3.16. The largest absolute Gasteiger partial charge is 0.387 e. The van der Waals surface area contributed by atoms with Gasteiger partial charge in [0, 0.05) is 34.2 Å². The highest BCUT2D eigenvalue weighted by molar-refractivity contribution is 9.10. The number of halogens is 2. The summed E-state index contributed by atoms with van der Waals surface area (Å²) in [6.45, 7) is 0. The number of rotatable bonds is 2. The van der Waals surface area contributed by atoms with Crippen LogP contribution >= 0.6 is 15.9 Å². The van der Waals surface area contributed by atoms with Crippen LogP contribution in [0.15, 0.2) is 22.7 Å². The first-order chi connectivity index (χ1) is 8.20. The predicted octanol–water partition coefficient (Wildman–Crippen LogP) is 4.06. The molecule has 88 valence electrons. The number of anilines is 1. The lowest BCUT2D eigenvalue weighted by atomic mass is 10.1. The topological polar surface area (TPSA) is 24.9 Å². The predicted molar refractivity (Wildman–Crippen MR) is 70.9 cm³/mol. The summed E-state index contributed by atoms with van der Waals surface area (Å²) in [6.07, 6.45) is 2.33. The molecule has 0 spiro atoms. The van der Waals surface area contributed by atoms with Gasteiger partial charge in [0.25, 0.3) is 0 Å². The molecule has 1 aliphatic carbocycles. The van der Waals surface area contributed by atoms with Crippen molar-refractivity contribution in [3.05, 3.63) is 34.2 Å². The van der Waals surface area contributed by atoms with Gasteiger partial charge in [-0.1, -0.05) is 15.9 Å². The molecule has 0 saturated heterocycles. The molecule has 17 heavy (non-hydrogen) atoms. The Morgan fingerprint density at radius 2 is 2.18 bits per heavy atom. The van der Waals surface area contributed by atoms with E-state index >= 15 is 0 Å². The highest BCUT2D eigenvalue weighted by Crippen LogP contribution is 2.42. The smallest absolute Gasteiger partial charge is 0.149 e. The van der Waals surface area contributed by atoms with Crippen LogP contribution in [0, 0.1) is 5.82 Å². The Labute approximate surface area is 107 Å². The van der Waals surface area contributed by atoms with E-state index in [9.17, 15) is 4.39 Å². The van der Waals surface area contributed by atoms with Crippen LogP contribution in [0.1, 0.15) is 24.5 Å². The van der Waals surface area contributed by atoms with Crippen molar-refractivity contribution >= 4 is 32.5 Å². The summed E-state index contributed by atoms with van der Waals surface area (Å²) in [5.41, 5.74) is 2.38. The molecule has 3 rings (SSSR count). The summed E-state index contributed by atoms with van der Waals surface area (Å²) >= 11 is 3.45. The van der Waals surface area contributed by atoms with Crippen LogP contribution in [-0.2, 0) is 0 Å². The van der Waals surface area contributed by atoms with Gasteiger partial charge in [-0.3, -0.25) is 0 Å². The molecular weight excluding hydrogens is 283 g/mol. The summed E-state index contributed by atoms with van der Waals surface area (Å²) in [5.74, 6) is 0.257. The summed E-state index contributed by atoms with van der Waals surface area (Å²) in [5, 5.41) is 3.94. The van der Waals surface area contributed by atoms with Crippen molar-refractivity contribution in [3.63, 3.8) is 0 Å². The van der Waals surface area contributed by atoms with Crippen LogP contribution in [0.3, 0.4) is 0 Å². The first-order valence-corrected chi connectivity index (χ1v) is 6.46. The Morgan fingerprint density at radius 1 is 1.41 bits per heavy atom. The zero-order chi connectivity index (χ0) is 12.0. The molecule has 1 aliphatic rings. The maximum Gasteiger partial charge on any atom is 0.149 e. The zero-order valence-electron chi connectivity index (χ0n) is 9.43. The van der Waals surface area contributed by atoms with Crippen molar-refractivity contribution in [2.75, 3.05) is 12.4 Å². The molecule has 2 aromatic rings. The Morgan fingerprint density at radius 3 is 2.82 bits per heavy atom. The highest BCUT2D eigenvalue weighted by Gasteiger charge is 2.26. The number of hydrogen-bond acceptors (Lipinski definition) is 2. The standard InChI is InChI=1S/C13H12BrFN2/c1-16-11-6-10(7-2-3-7)17-13-9(15)5-4-8(14)12(11)13/h4-7H,2-3H2,1H3,(H,16,17). The number of aromatic nitrogens is 1. The van der Waals surface area contributed by atoms with E-state index < -0.39 is 0 Å². The average molecular weight is 295 g/mol. The number of benzene rings is 1. The van der Waals surface area contributed by atoms with Crippen molar-refractivity contribution in [1.29, 1.82) is 0 Å². The van der Waals surface area contributed by atoms with E-state index in [4.69, 9.17) is 0 Å². The summed E-state index contributed by atoms with van der Waals surface area (Å²) < 4.78 is 14.7. The third kappa shape index (κ3) is 1.80. The first-order valence-electron chi connectivity index (χ1n) is 5.67. The molecule has 0 unspecified atom stereocenters. The molecule has 1 N–H and O–H groups in total. The molecule has 0 bridgehead atoms. The second kappa shape index (κ2) is 3.95. The van der Waals surface area contributed by atoms with E-state index in [0.29, 0.717) is 11.4 Å². The van der Waals surface area contributed by atoms with Crippen LogP contribution in [0.4, 0.5) is 10.1 Å². The minimum absolute atomic E-state index is 0.262. The SMILES string of the molecule is CNc1cc(C2CC2)nc2c(F)ccc(Br)c12. The summed E-state index contributed by atoms with van der Waals surface area (Å²) in [4.78, 5) is 4.46. The minimum atomic E-state index is -0.262. The third-order valence-corrected chi connectivity index (χ3v) is 3.81. The summed E-state index contributed by atoms with van der Waals surface area (Å²) in [6, 6.07) is 5.21. The van der Waals surface area contributed by atoms with Crippen LogP contribution in [0.25, 0.3) is 10.9 Å². The molecular formula is C13H12BrFN2. The number of nitrogens with one attached hydrogen (secondary N) is 1. The van der Waals surface area contributed by atoms with Gasteiger partial charge in [0.15, 0.2) is 0 Å². The molecule has 0 radical (unpaired) electrons. The van der Waals surface area contributed by atoms with Crippen LogP contribution in [0.5, 0.6) is 0 Å². The van der Waals surface area contributed by atoms with Gasteiger partial charge < -0.3 is 5.32 Å². The lowest BCUT2D eigenvalue weighted by Crippen LogP contribution is -1.97. The van der Waals surface area contributed by atoms with Gasteiger partial charge >= 0.3 is 0 Å². The van der Waals surface area contributed by atoms with Crippen molar-refractivity contribution in [2.45, 2.75) is 18.8 Å². The molecule has 1 aromatic heterocycles. The molecule has 0 amide bonds. The van der Waals surface area contributed by atoms with E-state index in [1.807, 2.05) is 13.1 Å². The van der Waals surface area contributed by atoms with Gasteiger partial charge in [-0.2, -0.15) is 0 Å². The van der Waals surface area contributed by atoms with E-state index in [1.54, 1.807) is 6.07 Å². The second-order valence-electron chi connectivity index (χ2n) is 4.37. The van der Waals surface area contributed by atoms with Crippen LogP contribution < -0.4 is 5.32 Å². The van der Waals surface area contributed by atoms with Crippen LogP contribution in [0.2, 0.25) is 0 Å². The van der Waals surface area contributed by atoms with Gasteiger partial charge in [0.1, 0.15) is 11.3 Å². The van der Waals surface area contributed by atoms with E-state index in [-0.39, 0.29) is 5.82 Å². The molecule has 1 aromatic carbocycles. The lowest BCUT2D eigenvalue weighted by molar-refractivity contribution is 0.636. The van der Waals surface area contributed by atoms with Gasteiger partial charge in [-0.25, -0.2) is 9.37 Å². The van der Waals surface area contributed by atoms with E-state index in [2.05, 4.69) is 26.2 Å². The minimum Gasteiger partial charge on any atom is -0.387 e. The maximum absolute atomic E-state index is 13.8. The molecule has 4 heteroatoms. The maximum atomic E-state index is 13.8. The normalized spacial score (nSPS) is 15.2. The van der Waals surface area contributed by atoms with Crippen LogP contribution in [-0.4, -0.2) is 12.0 Å². The Bertz CT molecular complexity index is 593. The van der Waals surface area contributed by atoms with Gasteiger partial charge in [-0.05, 0) is 31.0 Å². The van der Waals surface area contributed by atoms with Gasteiger partial charge in [0.2, 0.25) is 0 Å². The third-order valence-electron chi connectivity index (χ3n) is 3.15. The number of nitrogens with zero attached hydrogens (tertiary/aromatic N) is 1. The fraction of sp³-hybridized carbons (Fsp3) is 0.308.